The Morgan fingerprint density at radius 2 is 1.78 bits per heavy atom. The summed E-state index contributed by atoms with van der Waals surface area (Å²) in [6, 6.07) is 10.5. The minimum absolute atomic E-state index is 0.100. The Labute approximate surface area is 294 Å². The van der Waals surface area contributed by atoms with Gasteiger partial charge in [-0.1, -0.05) is 31.2 Å². The lowest BCUT2D eigenvalue weighted by Gasteiger charge is -2.27. The first-order valence-electron chi connectivity index (χ1n) is 16.6. The number of carbonyl (C=O) groups is 2. The van der Waals surface area contributed by atoms with Gasteiger partial charge in [-0.15, -0.1) is 0 Å². The summed E-state index contributed by atoms with van der Waals surface area (Å²) < 4.78 is 62.9. The van der Waals surface area contributed by atoms with E-state index in [1.165, 1.54) is 18.1 Å². The van der Waals surface area contributed by atoms with E-state index in [0.29, 0.717) is 17.0 Å². The Balaban J connectivity index is 1.77. The number of methoxy groups -OCH3 is 2. The van der Waals surface area contributed by atoms with Crippen LogP contribution in [0.1, 0.15) is 76.4 Å². The molecule has 11 nitrogen and oxygen atoms in total. The largest absolute Gasteiger partial charge is 0.497 e. The maximum absolute atomic E-state index is 16.3. The van der Waals surface area contributed by atoms with E-state index in [-0.39, 0.29) is 31.1 Å². The second-order valence-electron chi connectivity index (χ2n) is 13.9. The Morgan fingerprint density at radius 1 is 1.08 bits per heavy atom. The Morgan fingerprint density at radius 3 is 2.42 bits per heavy atom. The van der Waals surface area contributed by atoms with Gasteiger partial charge in [-0.3, -0.25) is 4.90 Å². The van der Waals surface area contributed by atoms with Crippen molar-refractivity contribution < 1.29 is 51.9 Å². The lowest BCUT2D eigenvalue weighted by Crippen LogP contribution is -2.38. The molecule has 0 N–H and O–H groups in total. The van der Waals surface area contributed by atoms with Gasteiger partial charge in [0.1, 0.15) is 46.8 Å². The third-order valence-corrected chi connectivity index (χ3v) is 8.21. The summed E-state index contributed by atoms with van der Waals surface area (Å²) in [5.74, 6) is -2.03. The van der Waals surface area contributed by atoms with Crippen LogP contribution in [0.4, 0.5) is 14.9 Å². The monoisotopic (exact) mass is 699 g/mol. The molecule has 0 bridgehead atoms. The molecule has 0 aliphatic carbocycles. The van der Waals surface area contributed by atoms with Gasteiger partial charge >= 0.3 is 12.1 Å². The minimum Gasteiger partial charge on any atom is -0.497 e. The topological polar surface area (TPSA) is 111 Å². The van der Waals surface area contributed by atoms with Gasteiger partial charge in [-0.25, -0.2) is 14.0 Å². The average Bonchev–Trinajstić information content (AvgIpc) is 3.35. The molecule has 2 aliphatic heterocycles. The molecule has 0 unspecified atom stereocenters. The first kappa shape index (κ1) is 38.8. The van der Waals surface area contributed by atoms with E-state index in [9.17, 15) is 9.59 Å². The molecule has 0 spiro atoms. The number of cyclic esters (lactones) is 1. The second-order valence-corrected chi connectivity index (χ2v) is 13.9. The van der Waals surface area contributed by atoms with E-state index in [1.54, 1.807) is 86.9 Å². The van der Waals surface area contributed by atoms with Crippen molar-refractivity contribution in [1.82, 2.24) is 0 Å². The van der Waals surface area contributed by atoms with E-state index >= 15 is 4.39 Å². The van der Waals surface area contributed by atoms with Gasteiger partial charge in [0.15, 0.2) is 12.6 Å². The number of esters is 1. The standard InChI is InChI=1S/C38H50FNO10/c1-23-18-29(39)33(45-21-25-14-16-28(44-10)17-15-25)34-30(48-38(6,7)49-34)13-11-12-26-19-27(40(8)36(42)50-37(3,4)5)20-31(46-22-43-9)32(26)35(41)47-24(23)2/h11-12,14-20,23-24,30,33-34H,13,21-22H2,1-10H3/t23-,24+,30+,33-,34+/m1/s1. The second kappa shape index (κ2) is 16.4. The molecule has 2 aromatic carbocycles. The molecule has 0 radical (unpaired) electrons. The van der Waals surface area contributed by atoms with Crippen LogP contribution in [0.2, 0.25) is 0 Å². The summed E-state index contributed by atoms with van der Waals surface area (Å²) in [6.07, 6.45) is 1.26. The molecule has 50 heavy (non-hydrogen) atoms. The molecule has 2 aromatic rings. The summed E-state index contributed by atoms with van der Waals surface area (Å²) in [5, 5.41) is 0. The number of halogens is 1. The zero-order chi connectivity index (χ0) is 36.8. The SMILES string of the molecule is COCOc1cc(N(C)C(=O)OC(C)(C)C)cc2c1C(=O)O[C@@H](C)[C@H](C)C=C(F)[C@@H](OCc1ccc(OC)cc1)[C@H]1OC(C)(C)O[C@H]1CC=C2. The number of rotatable bonds is 8. The highest BCUT2D eigenvalue weighted by atomic mass is 19.1. The summed E-state index contributed by atoms with van der Waals surface area (Å²) in [6.45, 7) is 12.2. The van der Waals surface area contributed by atoms with Crippen LogP contribution in [0.5, 0.6) is 11.5 Å². The average molecular weight is 700 g/mol. The van der Waals surface area contributed by atoms with Crippen LogP contribution >= 0.6 is 0 Å². The smallest absolute Gasteiger partial charge is 0.414 e. The van der Waals surface area contributed by atoms with Crippen molar-refractivity contribution in [2.75, 3.05) is 33.0 Å². The maximum atomic E-state index is 16.3. The minimum atomic E-state index is -1.12. The van der Waals surface area contributed by atoms with E-state index < -0.39 is 59.6 Å². The van der Waals surface area contributed by atoms with Crippen LogP contribution in [0.25, 0.3) is 6.08 Å². The molecule has 5 atom stereocenters. The predicted octanol–water partition coefficient (Wildman–Crippen LogP) is 7.61. The van der Waals surface area contributed by atoms with Gasteiger partial charge in [-0.05, 0) is 83.4 Å². The van der Waals surface area contributed by atoms with Crippen molar-refractivity contribution >= 4 is 23.8 Å². The Hall–Kier alpha value is -3.97. The molecule has 2 aliphatic rings. The van der Waals surface area contributed by atoms with Gasteiger partial charge in [0.05, 0.1) is 25.5 Å². The molecule has 4 rings (SSSR count). The van der Waals surface area contributed by atoms with Crippen LogP contribution in [-0.2, 0) is 35.0 Å². The third-order valence-electron chi connectivity index (χ3n) is 8.21. The number of anilines is 1. The lowest BCUT2D eigenvalue weighted by atomic mass is 9.97. The quantitative estimate of drug-likeness (QED) is 0.202. The van der Waals surface area contributed by atoms with E-state index in [1.807, 2.05) is 24.3 Å². The molecule has 1 fully saturated rings. The van der Waals surface area contributed by atoms with E-state index in [4.69, 9.17) is 37.9 Å². The number of nitrogens with zero attached hydrogens (tertiary/aromatic N) is 1. The molecular formula is C38H50FNO10. The van der Waals surface area contributed by atoms with Crippen molar-refractivity contribution in [3.63, 3.8) is 0 Å². The summed E-state index contributed by atoms with van der Waals surface area (Å²) in [7, 11) is 4.60. The number of carbonyl (C=O) groups excluding carboxylic acids is 2. The van der Waals surface area contributed by atoms with Gasteiger partial charge in [0, 0.05) is 26.1 Å². The maximum Gasteiger partial charge on any atom is 0.414 e. The molecular weight excluding hydrogens is 649 g/mol. The number of hydrogen-bond acceptors (Lipinski definition) is 10. The Bertz CT molecular complexity index is 1550. The lowest BCUT2D eigenvalue weighted by molar-refractivity contribution is -0.158. The number of ether oxygens (including phenoxy) is 8. The molecule has 0 saturated carbocycles. The van der Waals surface area contributed by atoms with Crippen molar-refractivity contribution in [3.8, 4) is 11.5 Å². The third kappa shape index (κ3) is 10.1. The van der Waals surface area contributed by atoms with Gasteiger partial charge in [-0.2, -0.15) is 0 Å². The Kier molecular flexibility index (Phi) is 12.7. The van der Waals surface area contributed by atoms with Crippen LogP contribution in [0.15, 0.2) is 54.4 Å². The number of hydrogen-bond donors (Lipinski definition) is 0. The van der Waals surface area contributed by atoms with Crippen molar-refractivity contribution in [2.24, 2.45) is 5.92 Å². The number of benzene rings is 2. The van der Waals surface area contributed by atoms with Crippen LogP contribution < -0.4 is 14.4 Å². The molecule has 1 amide bonds. The van der Waals surface area contributed by atoms with E-state index in [2.05, 4.69) is 0 Å². The fraction of sp³-hybridized carbons (Fsp3) is 0.526. The molecule has 274 valence electrons. The van der Waals surface area contributed by atoms with Gasteiger partial charge in [0.25, 0.3) is 0 Å². The molecule has 12 heteroatoms. The van der Waals surface area contributed by atoms with Crippen molar-refractivity contribution in [2.45, 2.75) is 97.3 Å². The zero-order valence-electron chi connectivity index (χ0n) is 30.6. The highest BCUT2D eigenvalue weighted by molar-refractivity contribution is 5.99. The highest BCUT2D eigenvalue weighted by Crippen LogP contribution is 2.38. The van der Waals surface area contributed by atoms with Crippen LogP contribution in [0, 0.1) is 5.92 Å². The number of fused-ring (bicyclic) bond motifs is 2. The summed E-state index contributed by atoms with van der Waals surface area (Å²) in [4.78, 5) is 28.2. The van der Waals surface area contributed by atoms with Crippen LogP contribution in [-0.4, -0.2) is 75.9 Å². The normalized spacial score (nSPS) is 23.9. The first-order chi connectivity index (χ1) is 23.5. The number of amides is 1. The van der Waals surface area contributed by atoms with Crippen LogP contribution in [0.3, 0.4) is 0 Å². The van der Waals surface area contributed by atoms with Crippen molar-refractivity contribution in [1.29, 1.82) is 0 Å². The molecule has 0 aromatic heterocycles. The fourth-order valence-corrected chi connectivity index (χ4v) is 5.52. The van der Waals surface area contributed by atoms with E-state index in [0.717, 1.165) is 5.56 Å². The summed E-state index contributed by atoms with van der Waals surface area (Å²) in [5.41, 5.74) is 1.01. The zero-order valence-corrected chi connectivity index (χ0v) is 30.6. The first-order valence-corrected chi connectivity index (χ1v) is 16.6. The van der Waals surface area contributed by atoms with Crippen molar-refractivity contribution in [3.05, 3.63) is 71.1 Å². The fourth-order valence-electron chi connectivity index (χ4n) is 5.52. The summed E-state index contributed by atoms with van der Waals surface area (Å²) >= 11 is 0. The highest BCUT2D eigenvalue weighted by Gasteiger charge is 2.47. The molecule has 1 saturated heterocycles. The predicted molar refractivity (Wildman–Crippen MR) is 186 cm³/mol. The molecule has 2 heterocycles. The van der Waals surface area contributed by atoms with Gasteiger partial charge in [0.2, 0.25) is 0 Å². The van der Waals surface area contributed by atoms with Gasteiger partial charge < -0.3 is 37.9 Å².